The van der Waals surface area contributed by atoms with E-state index in [1.807, 2.05) is 43.3 Å². The van der Waals surface area contributed by atoms with Crippen LogP contribution in [0.4, 0.5) is 0 Å². The normalized spacial score (nSPS) is 11.7. The second-order valence-corrected chi connectivity index (χ2v) is 7.48. The molecule has 4 aromatic carbocycles. The average Bonchev–Trinajstić information content (AvgIpc) is 2.84. The van der Waals surface area contributed by atoms with Gasteiger partial charge >= 0.3 is 0 Å². The van der Waals surface area contributed by atoms with Crippen LogP contribution >= 0.6 is 0 Å². The van der Waals surface area contributed by atoms with Gasteiger partial charge in [-0.05, 0) is 40.1 Å². The molecule has 0 aliphatic rings. The molecule has 5 aromatic rings. The van der Waals surface area contributed by atoms with Gasteiger partial charge in [0.1, 0.15) is 0 Å². The van der Waals surface area contributed by atoms with Gasteiger partial charge in [0.2, 0.25) is 0 Å². The van der Waals surface area contributed by atoms with Crippen molar-refractivity contribution >= 4 is 27.1 Å². The van der Waals surface area contributed by atoms with Crippen molar-refractivity contribution < 1.29 is 0 Å². The molecule has 3 heteroatoms. The van der Waals surface area contributed by atoms with Crippen LogP contribution in [0.1, 0.15) is 12.7 Å². The third-order valence-electron chi connectivity index (χ3n) is 5.39. The number of fused-ring (bicyclic) bond motifs is 3. The molecule has 3 nitrogen and oxygen atoms in total. The van der Waals surface area contributed by atoms with Crippen LogP contribution in [0.3, 0.4) is 0 Å². The van der Waals surface area contributed by atoms with Gasteiger partial charge in [0.25, 0.3) is 0 Å². The van der Waals surface area contributed by atoms with Gasteiger partial charge < -0.3 is 0 Å². The molecular formula is C28H21N3. The first-order valence-electron chi connectivity index (χ1n) is 10.3. The van der Waals surface area contributed by atoms with Gasteiger partial charge in [0.05, 0.1) is 0 Å². The van der Waals surface area contributed by atoms with Crippen LogP contribution in [-0.2, 0) is 0 Å². The van der Waals surface area contributed by atoms with Crippen molar-refractivity contribution in [2.24, 2.45) is 0 Å². The maximum atomic E-state index is 4.81. The number of allylic oxidation sites excluding steroid dienone is 3. The molecule has 5 rings (SSSR count). The van der Waals surface area contributed by atoms with Gasteiger partial charge in [0.15, 0.2) is 17.5 Å². The lowest BCUT2D eigenvalue weighted by Crippen LogP contribution is -2.01. The first kappa shape index (κ1) is 18.9. The molecule has 0 aliphatic heterocycles. The molecule has 0 atom stereocenters. The van der Waals surface area contributed by atoms with Gasteiger partial charge in [-0.15, -0.1) is 0 Å². The molecule has 0 fully saturated rings. The van der Waals surface area contributed by atoms with Crippen LogP contribution in [-0.4, -0.2) is 15.0 Å². The first-order valence-corrected chi connectivity index (χ1v) is 10.3. The molecule has 1 heterocycles. The van der Waals surface area contributed by atoms with Crippen LogP contribution in [0.5, 0.6) is 0 Å². The zero-order valence-electron chi connectivity index (χ0n) is 17.3. The average molecular weight is 399 g/mol. The van der Waals surface area contributed by atoms with E-state index in [0.717, 1.165) is 22.1 Å². The number of nitrogens with zero attached hydrogens (tertiary/aromatic N) is 3. The van der Waals surface area contributed by atoms with Gasteiger partial charge in [-0.2, -0.15) is 0 Å². The lowest BCUT2D eigenvalue weighted by Gasteiger charge is -2.10. The Labute approximate surface area is 181 Å². The summed E-state index contributed by atoms with van der Waals surface area (Å²) in [6.45, 7) is 5.79. The third kappa shape index (κ3) is 3.62. The minimum absolute atomic E-state index is 0.655. The highest BCUT2D eigenvalue weighted by atomic mass is 15.0. The SMILES string of the molecule is C=C/C=C(\C)c1nc(-c2ccccc2)nc(-c2ccc3c(ccc4ccccc43)c2)n1. The van der Waals surface area contributed by atoms with Crippen LogP contribution in [0, 0.1) is 0 Å². The fourth-order valence-corrected chi connectivity index (χ4v) is 3.80. The summed E-state index contributed by atoms with van der Waals surface area (Å²) in [5.74, 6) is 1.98. The van der Waals surface area contributed by atoms with Crippen molar-refractivity contribution in [3.8, 4) is 22.8 Å². The third-order valence-corrected chi connectivity index (χ3v) is 5.39. The summed E-state index contributed by atoms with van der Waals surface area (Å²) in [5, 5.41) is 4.87. The van der Waals surface area contributed by atoms with E-state index < -0.39 is 0 Å². The summed E-state index contributed by atoms with van der Waals surface area (Å²) in [4.78, 5) is 14.3. The van der Waals surface area contributed by atoms with Gasteiger partial charge in [-0.25, -0.2) is 15.0 Å². The van der Waals surface area contributed by atoms with E-state index in [2.05, 4.69) is 61.2 Å². The van der Waals surface area contributed by atoms with Crippen LogP contribution < -0.4 is 0 Å². The fraction of sp³-hybridized carbons (Fsp3) is 0.0357. The van der Waals surface area contributed by atoms with Crippen molar-refractivity contribution in [2.45, 2.75) is 6.92 Å². The molecule has 31 heavy (non-hydrogen) atoms. The Bertz CT molecular complexity index is 1450. The number of benzene rings is 4. The molecular weight excluding hydrogens is 378 g/mol. The highest BCUT2D eigenvalue weighted by Crippen LogP contribution is 2.29. The molecule has 0 saturated carbocycles. The number of hydrogen-bond acceptors (Lipinski definition) is 3. The Balaban J connectivity index is 1.70. The Kier molecular flexibility index (Phi) is 4.85. The molecule has 0 spiro atoms. The predicted molar refractivity (Wildman–Crippen MR) is 130 cm³/mol. The summed E-state index contributed by atoms with van der Waals surface area (Å²) in [5.41, 5.74) is 2.88. The minimum atomic E-state index is 0.655. The molecule has 0 unspecified atom stereocenters. The van der Waals surface area contributed by atoms with E-state index >= 15 is 0 Å². The Hall–Kier alpha value is -4.11. The van der Waals surface area contributed by atoms with Crippen LogP contribution in [0.25, 0.3) is 49.9 Å². The first-order chi connectivity index (χ1) is 15.2. The van der Waals surface area contributed by atoms with Gasteiger partial charge in [0, 0.05) is 11.1 Å². The van der Waals surface area contributed by atoms with E-state index in [9.17, 15) is 0 Å². The highest BCUT2D eigenvalue weighted by molar-refractivity contribution is 6.08. The Morgan fingerprint density at radius 3 is 2.16 bits per heavy atom. The smallest absolute Gasteiger partial charge is 0.164 e. The number of hydrogen-bond donors (Lipinski definition) is 0. The Morgan fingerprint density at radius 2 is 1.35 bits per heavy atom. The maximum Gasteiger partial charge on any atom is 0.164 e. The topological polar surface area (TPSA) is 38.7 Å². The highest BCUT2D eigenvalue weighted by Gasteiger charge is 2.12. The maximum absolute atomic E-state index is 4.81. The monoisotopic (exact) mass is 399 g/mol. The second-order valence-electron chi connectivity index (χ2n) is 7.48. The van der Waals surface area contributed by atoms with Crippen molar-refractivity contribution in [3.63, 3.8) is 0 Å². The lowest BCUT2D eigenvalue weighted by atomic mass is 10.00. The van der Waals surface area contributed by atoms with Crippen molar-refractivity contribution in [3.05, 3.63) is 109 Å². The number of aromatic nitrogens is 3. The molecule has 148 valence electrons. The van der Waals surface area contributed by atoms with Crippen molar-refractivity contribution in [1.82, 2.24) is 15.0 Å². The molecule has 1 aromatic heterocycles. The molecule has 0 radical (unpaired) electrons. The molecule has 0 saturated heterocycles. The van der Waals surface area contributed by atoms with Gasteiger partial charge in [-0.1, -0.05) is 97.6 Å². The lowest BCUT2D eigenvalue weighted by molar-refractivity contribution is 1.03. The molecule has 0 N–H and O–H groups in total. The summed E-state index contributed by atoms with van der Waals surface area (Å²) in [7, 11) is 0. The second kappa shape index (κ2) is 7.96. The van der Waals surface area contributed by atoms with E-state index in [0.29, 0.717) is 17.5 Å². The van der Waals surface area contributed by atoms with E-state index in [1.54, 1.807) is 6.08 Å². The van der Waals surface area contributed by atoms with E-state index in [1.165, 1.54) is 16.2 Å². The molecule has 0 bridgehead atoms. The summed E-state index contributed by atoms with van der Waals surface area (Å²) in [6.07, 6.45) is 3.67. The van der Waals surface area contributed by atoms with Crippen LogP contribution in [0.15, 0.2) is 104 Å². The Morgan fingerprint density at radius 1 is 0.677 bits per heavy atom. The predicted octanol–water partition coefficient (Wildman–Crippen LogP) is 7.10. The number of rotatable bonds is 4. The van der Waals surface area contributed by atoms with Crippen molar-refractivity contribution in [1.29, 1.82) is 0 Å². The summed E-state index contributed by atoms with van der Waals surface area (Å²) >= 11 is 0. The summed E-state index contributed by atoms with van der Waals surface area (Å²) < 4.78 is 0. The quantitative estimate of drug-likeness (QED) is 0.239. The standard InChI is InChI=1S/C28H21N3/c1-3-9-19(2)26-29-27(21-11-5-4-6-12-21)31-28(30-26)23-16-17-25-22(18-23)15-14-20-10-7-8-13-24(20)25/h3-18H,1H2,2H3/b19-9+. The molecule has 0 amide bonds. The van der Waals surface area contributed by atoms with E-state index in [4.69, 9.17) is 15.0 Å². The largest absolute Gasteiger partial charge is 0.209 e. The minimum Gasteiger partial charge on any atom is -0.209 e. The summed E-state index contributed by atoms with van der Waals surface area (Å²) in [6, 6.07) is 29.2. The molecule has 0 aliphatic carbocycles. The fourth-order valence-electron chi connectivity index (χ4n) is 3.80. The van der Waals surface area contributed by atoms with Gasteiger partial charge in [-0.3, -0.25) is 0 Å². The zero-order chi connectivity index (χ0) is 21.2. The zero-order valence-corrected chi connectivity index (χ0v) is 17.3. The van der Waals surface area contributed by atoms with Crippen LogP contribution in [0.2, 0.25) is 0 Å². The van der Waals surface area contributed by atoms with Crippen molar-refractivity contribution in [2.75, 3.05) is 0 Å². The van der Waals surface area contributed by atoms with E-state index in [-0.39, 0.29) is 0 Å².